The van der Waals surface area contributed by atoms with Crippen LogP contribution in [0.2, 0.25) is 0 Å². The second-order valence-corrected chi connectivity index (χ2v) is 6.55. The van der Waals surface area contributed by atoms with E-state index in [9.17, 15) is 0 Å². The molecule has 1 N–H and O–H groups in total. The van der Waals surface area contributed by atoms with E-state index in [2.05, 4.69) is 48.4 Å². The minimum absolute atomic E-state index is 0.477. The van der Waals surface area contributed by atoms with Gasteiger partial charge in [-0.1, -0.05) is 6.92 Å². The number of rotatable bonds is 4. The lowest BCUT2D eigenvalue weighted by Gasteiger charge is -2.40. The average Bonchev–Trinajstić information content (AvgIpc) is 2.67. The molecule has 2 aliphatic rings. The Morgan fingerprint density at radius 1 is 1.35 bits per heavy atom. The summed E-state index contributed by atoms with van der Waals surface area (Å²) in [5, 5.41) is 3.73. The highest BCUT2D eigenvalue weighted by Crippen LogP contribution is 2.42. The van der Waals surface area contributed by atoms with E-state index in [-0.39, 0.29) is 0 Å². The lowest BCUT2D eigenvalue weighted by Crippen LogP contribution is -2.44. The fraction of sp³-hybridized carbons (Fsp3) is 0.706. The molecule has 0 aromatic carbocycles. The third-order valence-corrected chi connectivity index (χ3v) is 5.44. The zero-order chi connectivity index (χ0) is 14.1. The van der Waals surface area contributed by atoms with E-state index < -0.39 is 0 Å². The predicted octanol–water partition coefficient (Wildman–Crippen LogP) is 2.91. The standard InChI is InChI=1S/C17H27N3/c1-4-19-17(16-11-18-8-7-12(16)2)13-9-14-5-6-15(10-13)20(14)3/h7-8,11,13-15,17,19H,4-6,9-10H2,1-3H3. The van der Waals surface area contributed by atoms with Crippen molar-refractivity contribution in [2.75, 3.05) is 13.6 Å². The number of fused-ring (bicyclic) bond motifs is 2. The van der Waals surface area contributed by atoms with Crippen molar-refractivity contribution in [3.05, 3.63) is 29.6 Å². The molecule has 0 radical (unpaired) electrons. The molecule has 0 aliphatic carbocycles. The van der Waals surface area contributed by atoms with Crippen LogP contribution in [0.15, 0.2) is 18.5 Å². The number of hydrogen-bond acceptors (Lipinski definition) is 3. The Labute approximate surface area is 122 Å². The van der Waals surface area contributed by atoms with Gasteiger partial charge in [-0.25, -0.2) is 0 Å². The largest absolute Gasteiger partial charge is 0.310 e. The molecule has 3 heteroatoms. The number of piperidine rings is 1. The number of aryl methyl sites for hydroxylation is 1. The molecule has 2 aliphatic heterocycles. The topological polar surface area (TPSA) is 28.2 Å². The zero-order valence-corrected chi connectivity index (χ0v) is 13.0. The fourth-order valence-electron chi connectivity index (χ4n) is 4.28. The Hall–Kier alpha value is -0.930. The van der Waals surface area contributed by atoms with Gasteiger partial charge in [0.25, 0.3) is 0 Å². The molecule has 3 rings (SSSR count). The highest BCUT2D eigenvalue weighted by molar-refractivity contribution is 5.26. The smallest absolute Gasteiger partial charge is 0.0367 e. The van der Waals surface area contributed by atoms with Gasteiger partial charge in [0.2, 0.25) is 0 Å². The second-order valence-electron chi connectivity index (χ2n) is 6.55. The molecule has 0 spiro atoms. The maximum atomic E-state index is 4.36. The van der Waals surface area contributed by atoms with Crippen LogP contribution < -0.4 is 5.32 Å². The molecular weight excluding hydrogens is 246 g/mol. The van der Waals surface area contributed by atoms with E-state index in [1.165, 1.54) is 36.8 Å². The normalized spacial score (nSPS) is 31.4. The van der Waals surface area contributed by atoms with Crippen LogP contribution >= 0.6 is 0 Å². The van der Waals surface area contributed by atoms with Gasteiger partial charge in [0.1, 0.15) is 0 Å². The van der Waals surface area contributed by atoms with Crippen molar-refractivity contribution in [1.29, 1.82) is 0 Å². The molecule has 3 unspecified atom stereocenters. The molecule has 3 nitrogen and oxygen atoms in total. The number of pyridine rings is 1. The first-order valence-electron chi connectivity index (χ1n) is 8.06. The summed E-state index contributed by atoms with van der Waals surface area (Å²) >= 11 is 0. The van der Waals surface area contributed by atoms with Crippen LogP contribution in [0.5, 0.6) is 0 Å². The number of aromatic nitrogens is 1. The van der Waals surface area contributed by atoms with Crippen LogP contribution in [0.4, 0.5) is 0 Å². The molecule has 3 heterocycles. The second kappa shape index (κ2) is 5.82. The summed E-state index contributed by atoms with van der Waals surface area (Å²) < 4.78 is 0. The van der Waals surface area contributed by atoms with Gasteiger partial charge in [-0.05, 0) is 69.3 Å². The molecule has 1 aromatic rings. The first kappa shape index (κ1) is 14.0. The summed E-state index contributed by atoms with van der Waals surface area (Å²) in [4.78, 5) is 6.98. The number of nitrogens with zero attached hydrogens (tertiary/aromatic N) is 2. The number of nitrogens with one attached hydrogen (secondary N) is 1. The van der Waals surface area contributed by atoms with Crippen LogP contribution in [0.25, 0.3) is 0 Å². The van der Waals surface area contributed by atoms with Gasteiger partial charge in [0.15, 0.2) is 0 Å². The Morgan fingerprint density at radius 3 is 2.65 bits per heavy atom. The summed E-state index contributed by atoms with van der Waals surface area (Å²) in [6.45, 7) is 5.45. The summed E-state index contributed by atoms with van der Waals surface area (Å²) in [6.07, 6.45) is 9.42. The van der Waals surface area contributed by atoms with Gasteiger partial charge in [-0.3, -0.25) is 4.98 Å². The lowest BCUT2D eigenvalue weighted by atomic mass is 9.81. The van der Waals surface area contributed by atoms with Gasteiger partial charge in [-0.2, -0.15) is 0 Å². The molecule has 2 bridgehead atoms. The fourth-order valence-corrected chi connectivity index (χ4v) is 4.28. The van der Waals surface area contributed by atoms with Crippen molar-refractivity contribution in [2.24, 2.45) is 5.92 Å². The molecule has 0 amide bonds. The molecule has 110 valence electrons. The van der Waals surface area contributed by atoms with Gasteiger partial charge in [0, 0.05) is 30.5 Å². The van der Waals surface area contributed by atoms with Crippen LogP contribution in [0.3, 0.4) is 0 Å². The third-order valence-electron chi connectivity index (χ3n) is 5.44. The van der Waals surface area contributed by atoms with Crippen molar-refractivity contribution in [2.45, 2.75) is 57.7 Å². The molecule has 20 heavy (non-hydrogen) atoms. The average molecular weight is 273 g/mol. The minimum atomic E-state index is 0.477. The summed E-state index contributed by atoms with van der Waals surface area (Å²) in [7, 11) is 2.32. The highest BCUT2D eigenvalue weighted by atomic mass is 15.2. The van der Waals surface area contributed by atoms with Crippen molar-refractivity contribution in [3.63, 3.8) is 0 Å². The quantitative estimate of drug-likeness (QED) is 0.914. The van der Waals surface area contributed by atoms with E-state index in [1.54, 1.807) is 0 Å². The van der Waals surface area contributed by atoms with Crippen LogP contribution in [0.1, 0.15) is 49.8 Å². The molecule has 0 saturated carbocycles. The molecular formula is C17H27N3. The lowest BCUT2D eigenvalue weighted by molar-refractivity contribution is 0.112. The highest BCUT2D eigenvalue weighted by Gasteiger charge is 2.41. The van der Waals surface area contributed by atoms with E-state index in [0.717, 1.165) is 24.5 Å². The Morgan fingerprint density at radius 2 is 2.05 bits per heavy atom. The maximum Gasteiger partial charge on any atom is 0.0367 e. The van der Waals surface area contributed by atoms with E-state index in [1.807, 2.05) is 6.20 Å². The summed E-state index contributed by atoms with van der Waals surface area (Å²) in [5.74, 6) is 0.756. The van der Waals surface area contributed by atoms with Crippen LogP contribution in [0, 0.1) is 12.8 Å². The Bertz CT molecular complexity index is 445. The minimum Gasteiger partial charge on any atom is -0.310 e. The predicted molar refractivity (Wildman–Crippen MR) is 82.7 cm³/mol. The van der Waals surface area contributed by atoms with Crippen LogP contribution in [-0.2, 0) is 0 Å². The van der Waals surface area contributed by atoms with Crippen molar-refractivity contribution in [3.8, 4) is 0 Å². The van der Waals surface area contributed by atoms with Crippen molar-refractivity contribution >= 4 is 0 Å². The molecule has 2 fully saturated rings. The van der Waals surface area contributed by atoms with Crippen molar-refractivity contribution < 1.29 is 0 Å². The first-order valence-corrected chi connectivity index (χ1v) is 8.06. The summed E-state index contributed by atoms with van der Waals surface area (Å²) in [5.41, 5.74) is 2.78. The third kappa shape index (κ3) is 2.49. The van der Waals surface area contributed by atoms with E-state index >= 15 is 0 Å². The monoisotopic (exact) mass is 273 g/mol. The first-order chi connectivity index (χ1) is 9.70. The molecule has 1 aromatic heterocycles. The van der Waals surface area contributed by atoms with Gasteiger partial charge < -0.3 is 10.2 Å². The van der Waals surface area contributed by atoms with Gasteiger partial charge in [0.05, 0.1) is 0 Å². The maximum absolute atomic E-state index is 4.36. The van der Waals surface area contributed by atoms with Gasteiger partial charge in [-0.15, -0.1) is 0 Å². The summed E-state index contributed by atoms with van der Waals surface area (Å²) in [6, 6.07) is 4.22. The van der Waals surface area contributed by atoms with Gasteiger partial charge >= 0.3 is 0 Å². The zero-order valence-electron chi connectivity index (χ0n) is 13.0. The molecule has 2 saturated heterocycles. The van der Waals surface area contributed by atoms with Crippen molar-refractivity contribution in [1.82, 2.24) is 15.2 Å². The van der Waals surface area contributed by atoms with E-state index in [0.29, 0.717) is 6.04 Å². The SMILES string of the molecule is CCNC(c1cnccc1C)C1CC2CCC(C1)N2C. The molecule has 3 atom stereocenters. The Kier molecular flexibility index (Phi) is 4.08. The number of hydrogen-bond donors (Lipinski definition) is 1. The van der Waals surface area contributed by atoms with Crippen LogP contribution in [-0.4, -0.2) is 35.6 Å². The van der Waals surface area contributed by atoms with E-state index in [4.69, 9.17) is 0 Å². The Balaban J connectivity index is 1.83.